The van der Waals surface area contributed by atoms with Gasteiger partial charge < -0.3 is 9.64 Å². The summed E-state index contributed by atoms with van der Waals surface area (Å²) in [6.45, 7) is 6.32. The molecule has 3 aromatic rings. The number of anilines is 1. The minimum Gasteiger partial charge on any atom is -0.487 e. The number of hydrogen-bond donors (Lipinski definition) is 0. The Balaban J connectivity index is 1.73. The number of thiazole rings is 1. The second-order valence-electron chi connectivity index (χ2n) is 6.32. The van der Waals surface area contributed by atoms with E-state index in [1.165, 1.54) is 11.3 Å². The third-order valence-electron chi connectivity index (χ3n) is 4.17. The van der Waals surface area contributed by atoms with Gasteiger partial charge in [-0.1, -0.05) is 6.07 Å². The Kier molecular flexibility index (Phi) is 4.16. The number of amides is 1. The lowest BCUT2D eigenvalue weighted by Gasteiger charge is -2.33. The molecule has 1 aliphatic rings. The Morgan fingerprint density at radius 2 is 2.04 bits per heavy atom. The van der Waals surface area contributed by atoms with Crippen molar-refractivity contribution in [2.75, 3.05) is 11.4 Å². The number of aromatic nitrogens is 3. The van der Waals surface area contributed by atoms with Crippen molar-refractivity contribution in [2.24, 2.45) is 0 Å². The highest BCUT2D eigenvalue weighted by Crippen LogP contribution is 2.36. The molecular formula is C19H18N4O2S. The highest BCUT2D eigenvalue weighted by atomic mass is 32.1. The van der Waals surface area contributed by atoms with E-state index in [2.05, 4.69) is 15.0 Å². The van der Waals surface area contributed by atoms with Crippen LogP contribution < -0.4 is 9.64 Å². The highest BCUT2D eigenvalue weighted by Gasteiger charge is 2.31. The fourth-order valence-electron chi connectivity index (χ4n) is 2.96. The summed E-state index contributed by atoms with van der Waals surface area (Å²) in [6.07, 6.45) is 3.27. The van der Waals surface area contributed by atoms with Crippen molar-refractivity contribution >= 4 is 22.9 Å². The third kappa shape index (κ3) is 2.94. The summed E-state index contributed by atoms with van der Waals surface area (Å²) >= 11 is 1.33. The first kappa shape index (κ1) is 16.7. The topological polar surface area (TPSA) is 68.2 Å². The molecule has 0 spiro atoms. The van der Waals surface area contributed by atoms with Crippen LogP contribution in [0.2, 0.25) is 0 Å². The van der Waals surface area contributed by atoms with Gasteiger partial charge in [-0.15, -0.1) is 11.3 Å². The quantitative estimate of drug-likeness (QED) is 0.692. The zero-order valence-corrected chi connectivity index (χ0v) is 15.6. The summed E-state index contributed by atoms with van der Waals surface area (Å²) in [4.78, 5) is 28.6. The van der Waals surface area contributed by atoms with Gasteiger partial charge in [-0.3, -0.25) is 4.79 Å². The second kappa shape index (κ2) is 6.49. The average molecular weight is 366 g/mol. The van der Waals surface area contributed by atoms with E-state index in [0.717, 1.165) is 17.0 Å². The molecule has 132 valence electrons. The lowest BCUT2D eigenvalue weighted by molar-refractivity contribution is 0.0964. The van der Waals surface area contributed by atoms with Crippen LogP contribution in [-0.4, -0.2) is 33.5 Å². The van der Waals surface area contributed by atoms with Crippen molar-refractivity contribution in [3.05, 3.63) is 52.8 Å². The monoisotopic (exact) mass is 366 g/mol. The molecule has 2 aromatic heterocycles. The molecule has 0 N–H and O–H groups in total. The van der Waals surface area contributed by atoms with E-state index < -0.39 is 0 Å². The zero-order valence-electron chi connectivity index (χ0n) is 14.8. The lowest BCUT2D eigenvalue weighted by atomic mass is 10.1. The van der Waals surface area contributed by atoms with Gasteiger partial charge in [0.2, 0.25) is 0 Å². The van der Waals surface area contributed by atoms with Crippen molar-refractivity contribution in [3.8, 4) is 16.6 Å². The standard InChI is InChI=1S/C19H18N4O2S/c1-11-5-6-15-14(9-11)23(10-12(2)25-15)19(24)16-13(3)22-18(26-16)17-20-7-4-8-21-17/h4-9,12H,10H2,1-3H3/t12-/m0/s1. The molecule has 4 rings (SSSR count). The smallest absolute Gasteiger partial charge is 0.270 e. The maximum Gasteiger partial charge on any atom is 0.270 e. The van der Waals surface area contributed by atoms with Crippen molar-refractivity contribution in [1.82, 2.24) is 15.0 Å². The number of benzene rings is 1. The molecular weight excluding hydrogens is 348 g/mol. The molecule has 0 saturated heterocycles. The molecule has 1 amide bonds. The number of hydrogen-bond acceptors (Lipinski definition) is 6. The number of carbonyl (C=O) groups excluding carboxylic acids is 1. The van der Waals surface area contributed by atoms with E-state index in [4.69, 9.17) is 4.74 Å². The number of aryl methyl sites for hydroxylation is 2. The first-order valence-electron chi connectivity index (χ1n) is 8.37. The van der Waals surface area contributed by atoms with Crippen LogP contribution in [0.5, 0.6) is 5.75 Å². The summed E-state index contributed by atoms with van der Waals surface area (Å²) in [7, 11) is 0. The van der Waals surface area contributed by atoms with Crippen LogP contribution in [0.4, 0.5) is 5.69 Å². The summed E-state index contributed by atoms with van der Waals surface area (Å²) in [6, 6.07) is 7.65. The average Bonchev–Trinajstić information content (AvgIpc) is 3.03. The van der Waals surface area contributed by atoms with Crippen LogP contribution in [0.15, 0.2) is 36.7 Å². The Labute approximate surface area is 155 Å². The second-order valence-corrected chi connectivity index (χ2v) is 7.32. The van der Waals surface area contributed by atoms with Gasteiger partial charge in [-0.05, 0) is 44.5 Å². The van der Waals surface area contributed by atoms with E-state index in [-0.39, 0.29) is 12.0 Å². The van der Waals surface area contributed by atoms with Gasteiger partial charge in [0.15, 0.2) is 10.8 Å². The molecule has 0 fully saturated rings. The van der Waals surface area contributed by atoms with Crippen LogP contribution >= 0.6 is 11.3 Å². The molecule has 0 bridgehead atoms. The van der Waals surface area contributed by atoms with Gasteiger partial charge in [0.25, 0.3) is 5.91 Å². The fourth-order valence-corrected chi connectivity index (χ4v) is 3.93. The van der Waals surface area contributed by atoms with Crippen molar-refractivity contribution in [2.45, 2.75) is 26.9 Å². The molecule has 0 saturated carbocycles. The summed E-state index contributed by atoms with van der Waals surface area (Å²) in [5.74, 6) is 1.20. The van der Waals surface area contributed by atoms with Gasteiger partial charge in [0.05, 0.1) is 17.9 Å². The molecule has 1 atom stereocenters. The van der Waals surface area contributed by atoms with Crippen molar-refractivity contribution in [3.63, 3.8) is 0 Å². The molecule has 26 heavy (non-hydrogen) atoms. The van der Waals surface area contributed by atoms with E-state index in [1.807, 2.05) is 39.0 Å². The van der Waals surface area contributed by atoms with Crippen LogP contribution in [-0.2, 0) is 0 Å². The van der Waals surface area contributed by atoms with Crippen LogP contribution in [0.1, 0.15) is 27.9 Å². The largest absolute Gasteiger partial charge is 0.487 e. The number of ether oxygens (including phenoxy) is 1. The van der Waals surface area contributed by atoms with Gasteiger partial charge in [0.1, 0.15) is 16.7 Å². The number of nitrogens with zero attached hydrogens (tertiary/aromatic N) is 4. The third-order valence-corrected chi connectivity index (χ3v) is 5.31. The first-order valence-corrected chi connectivity index (χ1v) is 9.18. The molecule has 6 nitrogen and oxygen atoms in total. The van der Waals surface area contributed by atoms with Gasteiger partial charge in [0, 0.05) is 12.4 Å². The van der Waals surface area contributed by atoms with Crippen LogP contribution in [0.3, 0.4) is 0 Å². The highest BCUT2D eigenvalue weighted by molar-refractivity contribution is 7.17. The predicted molar refractivity (Wildman–Crippen MR) is 101 cm³/mol. The summed E-state index contributed by atoms with van der Waals surface area (Å²) in [5.41, 5.74) is 2.58. The minimum atomic E-state index is -0.0701. The van der Waals surface area contributed by atoms with Gasteiger partial charge in [-0.25, -0.2) is 15.0 Å². The lowest BCUT2D eigenvalue weighted by Crippen LogP contribution is -2.42. The van der Waals surface area contributed by atoms with E-state index in [9.17, 15) is 4.79 Å². The van der Waals surface area contributed by atoms with Gasteiger partial charge >= 0.3 is 0 Å². The Hall–Kier alpha value is -2.80. The fraction of sp³-hybridized carbons (Fsp3) is 0.263. The molecule has 7 heteroatoms. The zero-order chi connectivity index (χ0) is 18.3. The van der Waals surface area contributed by atoms with E-state index >= 15 is 0 Å². The molecule has 1 aromatic carbocycles. The number of carbonyl (C=O) groups is 1. The molecule has 0 unspecified atom stereocenters. The Morgan fingerprint density at radius 3 is 2.81 bits per heavy atom. The molecule has 0 radical (unpaired) electrons. The Bertz CT molecular complexity index is 971. The minimum absolute atomic E-state index is 0.0656. The van der Waals surface area contributed by atoms with Crippen LogP contribution in [0.25, 0.3) is 10.8 Å². The SMILES string of the molecule is Cc1ccc2c(c1)N(C(=O)c1sc(-c3ncccn3)nc1C)C[C@H](C)O2. The molecule has 3 heterocycles. The predicted octanol–water partition coefficient (Wildman–Crippen LogP) is 3.64. The van der Waals surface area contributed by atoms with Crippen molar-refractivity contribution < 1.29 is 9.53 Å². The first-order chi connectivity index (χ1) is 12.5. The number of fused-ring (bicyclic) bond motifs is 1. The van der Waals surface area contributed by atoms with Gasteiger partial charge in [-0.2, -0.15) is 0 Å². The Morgan fingerprint density at radius 1 is 1.27 bits per heavy atom. The molecule has 0 aliphatic carbocycles. The van der Waals surface area contributed by atoms with E-state index in [0.29, 0.717) is 27.9 Å². The maximum absolute atomic E-state index is 13.3. The van der Waals surface area contributed by atoms with Crippen LogP contribution in [0, 0.1) is 13.8 Å². The maximum atomic E-state index is 13.3. The van der Waals surface area contributed by atoms with E-state index in [1.54, 1.807) is 23.4 Å². The van der Waals surface area contributed by atoms with Crippen molar-refractivity contribution in [1.29, 1.82) is 0 Å². The summed E-state index contributed by atoms with van der Waals surface area (Å²) in [5, 5.41) is 0.650. The molecule has 1 aliphatic heterocycles. The summed E-state index contributed by atoms with van der Waals surface area (Å²) < 4.78 is 5.88. The normalized spacial score (nSPS) is 16.1. The number of rotatable bonds is 2.